The molecular formula is C18H25F3N4O2. The number of carbonyl (C=O) groups is 1. The number of amides is 1. The summed E-state index contributed by atoms with van der Waals surface area (Å²) in [5, 5.41) is 15.8. The molecule has 1 amide bonds. The molecule has 1 aromatic carbocycles. The predicted molar refractivity (Wildman–Crippen MR) is 96.8 cm³/mol. The molecule has 0 radical (unpaired) electrons. The van der Waals surface area contributed by atoms with E-state index in [-0.39, 0.29) is 5.69 Å². The Morgan fingerprint density at radius 1 is 1.11 bits per heavy atom. The van der Waals surface area contributed by atoms with Gasteiger partial charge in [0.2, 0.25) is 0 Å². The van der Waals surface area contributed by atoms with Crippen LogP contribution in [0.2, 0.25) is 0 Å². The van der Waals surface area contributed by atoms with E-state index >= 15 is 0 Å². The Morgan fingerprint density at radius 3 is 2.26 bits per heavy atom. The Hall–Kier alpha value is -1.84. The lowest BCUT2D eigenvalue weighted by atomic mass is 9.91. The summed E-state index contributed by atoms with van der Waals surface area (Å²) < 4.78 is 36.9. The van der Waals surface area contributed by atoms with Crippen molar-refractivity contribution in [3.05, 3.63) is 24.3 Å². The number of nitrogens with zero attached hydrogens (tertiary/aromatic N) is 2. The van der Waals surface area contributed by atoms with Gasteiger partial charge in [-0.05, 0) is 50.2 Å². The van der Waals surface area contributed by atoms with Gasteiger partial charge in [0.15, 0.2) is 0 Å². The molecule has 150 valence electrons. The normalized spacial score (nSPS) is 21.1. The van der Waals surface area contributed by atoms with Gasteiger partial charge >= 0.3 is 12.1 Å². The Kier molecular flexibility index (Phi) is 5.92. The van der Waals surface area contributed by atoms with Crippen LogP contribution in [0.1, 0.15) is 12.8 Å². The van der Waals surface area contributed by atoms with Gasteiger partial charge in [-0.15, -0.1) is 0 Å². The minimum atomic E-state index is -4.90. The number of alkyl halides is 3. The second-order valence-corrected chi connectivity index (χ2v) is 7.24. The molecule has 0 unspecified atom stereocenters. The Morgan fingerprint density at radius 2 is 1.70 bits per heavy atom. The SMILES string of the molecule is O=C(Nc1ccc(N2CCN(CC3(O)CCNCC3)CC2)cc1)C(F)(F)F. The molecule has 2 heterocycles. The first-order chi connectivity index (χ1) is 12.8. The summed E-state index contributed by atoms with van der Waals surface area (Å²) in [4.78, 5) is 15.4. The highest BCUT2D eigenvalue weighted by Gasteiger charge is 2.38. The first-order valence-corrected chi connectivity index (χ1v) is 9.14. The van der Waals surface area contributed by atoms with Gasteiger partial charge in [-0.1, -0.05) is 0 Å². The van der Waals surface area contributed by atoms with E-state index in [1.54, 1.807) is 12.1 Å². The fourth-order valence-corrected chi connectivity index (χ4v) is 3.59. The highest BCUT2D eigenvalue weighted by atomic mass is 19.4. The monoisotopic (exact) mass is 386 g/mol. The maximum Gasteiger partial charge on any atom is 0.471 e. The second-order valence-electron chi connectivity index (χ2n) is 7.24. The number of hydrogen-bond acceptors (Lipinski definition) is 5. The molecule has 0 aliphatic carbocycles. The molecule has 0 bridgehead atoms. The molecule has 9 heteroatoms. The summed E-state index contributed by atoms with van der Waals surface area (Å²) in [7, 11) is 0. The molecule has 2 aliphatic rings. The predicted octanol–water partition coefficient (Wildman–Crippen LogP) is 1.42. The largest absolute Gasteiger partial charge is 0.471 e. The zero-order chi connectivity index (χ0) is 19.5. The van der Waals surface area contributed by atoms with Gasteiger partial charge in [-0.3, -0.25) is 9.69 Å². The molecule has 0 saturated carbocycles. The molecule has 0 atom stereocenters. The van der Waals surface area contributed by atoms with E-state index in [1.165, 1.54) is 12.1 Å². The van der Waals surface area contributed by atoms with Gasteiger partial charge in [0.25, 0.3) is 0 Å². The van der Waals surface area contributed by atoms with Gasteiger partial charge in [-0.25, -0.2) is 0 Å². The van der Waals surface area contributed by atoms with Crippen molar-refractivity contribution >= 4 is 17.3 Å². The molecule has 0 spiro atoms. The molecule has 2 saturated heterocycles. The number of piperazine rings is 1. The van der Waals surface area contributed by atoms with E-state index in [0.29, 0.717) is 6.54 Å². The first kappa shape index (κ1) is 19.9. The minimum Gasteiger partial charge on any atom is -0.388 e. The fourth-order valence-electron chi connectivity index (χ4n) is 3.59. The number of β-amino-alcohol motifs (C(OH)–C–C–N with tert-alkyl or cyclic N) is 1. The van der Waals surface area contributed by atoms with Gasteiger partial charge in [0.1, 0.15) is 0 Å². The zero-order valence-corrected chi connectivity index (χ0v) is 15.1. The van der Waals surface area contributed by atoms with Crippen molar-refractivity contribution in [2.75, 3.05) is 56.0 Å². The molecule has 2 fully saturated rings. The summed E-state index contributed by atoms with van der Waals surface area (Å²) >= 11 is 0. The molecule has 1 aromatic rings. The Balaban J connectivity index is 1.50. The van der Waals surface area contributed by atoms with E-state index in [0.717, 1.165) is 57.8 Å². The van der Waals surface area contributed by atoms with E-state index in [4.69, 9.17) is 0 Å². The van der Waals surface area contributed by atoms with E-state index in [1.807, 2.05) is 5.32 Å². The number of aliphatic hydroxyl groups is 1. The van der Waals surface area contributed by atoms with Crippen LogP contribution in [-0.2, 0) is 4.79 Å². The molecule has 27 heavy (non-hydrogen) atoms. The van der Waals surface area contributed by atoms with Gasteiger partial charge in [0.05, 0.1) is 5.60 Å². The smallest absolute Gasteiger partial charge is 0.388 e. The van der Waals surface area contributed by atoms with Gasteiger partial charge in [0, 0.05) is 44.1 Å². The Bertz CT molecular complexity index is 637. The number of rotatable bonds is 4. The topological polar surface area (TPSA) is 67.8 Å². The van der Waals surface area contributed by atoms with Crippen LogP contribution >= 0.6 is 0 Å². The molecule has 2 aliphatic heterocycles. The summed E-state index contributed by atoms with van der Waals surface area (Å²) in [6, 6.07) is 6.37. The van der Waals surface area contributed by atoms with E-state index in [9.17, 15) is 23.1 Å². The number of benzene rings is 1. The quantitative estimate of drug-likeness (QED) is 0.731. The van der Waals surface area contributed by atoms with Crippen molar-refractivity contribution in [2.45, 2.75) is 24.6 Å². The lowest BCUT2D eigenvalue weighted by molar-refractivity contribution is -0.167. The third kappa shape index (κ3) is 5.33. The maximum absolute atomic E-state index is 12.3. The first-order valence-electron chi connectivity index (χ1n) is 9.14. The number of carbonyl (C=O) groups excluding carboxylic acids is 1. The third-order valence-corrected chi connectivity index (χ3v) is 5.17. The number of anilines is 2. The van der Waals surface area contributed by atoms with Crippen LogP contribution in [0.15, 0.2) is 24.3 Å². The molecule has 3 N–H and O–H groups in total. The summed E-state index contributed by atoms with van der Waals surface area (Å²) in [5.74, 6) is -1.97. The second kappa shape index (κ2) is 8.04. The van der Waals surface area contributed by atoms with Crippen molar-refractivity contribution in [1.29, 1.82) is 0 Å². The molecule has 6 nitrogen and oxygen atoms in total. The number of nitrogens with one attached hydrogen (secondary N) is 2. The lowest BCUT2D eigenvalue weighted by Gasteiger charge is -2.41. The number of hydrogen-bond donors (Lipinski definition) is 3. The van der Waals surface area contributed by atoms with Crippen molar-refractivity contribution in [1.82, 2.24) is 10.2 Å². The van der Waals surface area contributed by atoms with Gasteiger partial charge in [-0.2, -0.15) is 13.2 Å². The summed E-state index contributed by atoms with van der Waals surface area (Å²) in [5.41, 5.74) is 0.402. The average molecular weight is 386 g/mol. The Labute approximate surface area is 156 Å². The highest BCUT2D eigenvalue weighted by Crippen LogP contribution is 2.24. The van der Waals surface area contributed by atoms with Crippen LogP contribution in [-0.4, -0.2) is 73.5 Å². The van der Waals surface area contributed by atoms with Crippen molar-refractivity contribution < 1.29 is 23.1 Å². The molecular weight excluding hydrogens is 361 g/mol. The van der Waals surface area contributed by atoms with Crippen LogP contribution in [0.5, 0.6) is 0 Å². The van der Waals surface area contributed by atoms with Crippen LogP contribution < -0.4 is 15.5 Å². The zero-order valence-electron chi connectivity index (χ0n) is 15.1. The van der Waals surface area contributed by atoms with Crippen molar-refractivity contribution in [3.63, 3.8) is 0 Å². The molecule has 3 rings (SSSR count). The standard InChI is InChI=1S/C18H25F3N4O2/c19-18(20,21)16(26)23-14-1-3-15(4-2-14)25-11-9-24(10-12-25)13-17(27)5-7-22-8-6-17/h1-4,22,27H,5-13H2,(H,23,26). The fraction of sp³-hybridized carbons (Fsp3) is 0.611. The lowest BCUT2D eigenvalue weighted by Crippen LogP contribution is -2.54. The van der Waals surface area contributed by atoms with Crippen LogP contribution in [0, 0.1) is 0 Å². The summed E-state index contributed by atoms with van der Waals surface area (Å²) in [6.45, 7) is 5.56. The van der Waals surface area contributed by atoms with Crippen LogP contribution in [0.25, 0.3) is 0 Å². The van der Waals surface area contributed by atoms with E-state index in [2.05, 4.69) is 15.1 Å². The number of piperidine rings is 1. The van der Waals surface area contributed by atoms with Gasteiger partial charge < -0.3 is 20.6 Å². The van der Waals surface area contributed by atoms with E-state index < -0.39 is 17.7 Å². The van der Waals surface area contributed by atoms with Crippen molar-refractivity contribution in [3.8, 4) is 0 Å². The average Bonchev–Trinajstić information content (AvgIpc) is 2.62. The van der Waals surface area contributed by atoms with Crippen LogP contribution in [0.3, 0.4) is 0 Å². The minimum absolute atomic E-state index is 0.118. The van der Waals surface area contributed by atoms with Crippen molar-refractivity contribution in [2.24, 2.45) is 0 Å². The number of halogens is 3. The maximum atomic E-state index is 12.3. The molecule has 0 aromatic heterocycles. The summed E-state index contributed by atoms with van der Waals surface area (Å²) in [6.07, 6.45) is -3.37. The third-order valence-electron chi connectivity index (χ3n) is 5.17. The highest BCUT2D eigenvalue weighted by molar-refractivity contribution is 5.95. The van der Waals surface area contributed by atoms with Crippen LogP contribution in [0.4, 0.5) is 24.5 Å².